The van der Waals surface area contributed by atoms with Crippen molar-refractivity contribution in [2.45, 2.75) is 16.8 Å². The third kappa shape index (κ3) is 1.91. The minimum atomic E-state index is -3.25. The van der Waals surface area contributed by atoms with Crippen LogP contribution in [-0.4, -0.2) is 37.2 Å². The number of ether oxygens (including phenoxy) is 1. The summed E-state index contributed by atoms with van der Waals surface area (Å²) in [6.45, 7) is 2.48. The lowest BCUT2D eigenvalue weighted by Gasteiger charge is -2.21. The van der Waals surface area contributed by atoms with E-state index in [1.807, 2.05) is 6.92 Å². The summed E-state index contributed by atoms with van der Waals surface area (Å²) in [6, 6.07) is 0. The second kappa shape index (κ2) is 3.50. The molecule has 0 amide bonds. The number of hydrogen-bond donors (Lipinski definition) is 1. The molecule has 0 bridgehead atoms. The molecule has 15 heavy (non-hydrogen) atoms. The number of thioether (sulfide) groups is 1. The van der Waals surface area contributed by atoms with Gasteiger partial charge in [0.2, 0.25) is 0 Å². The van der Waals surface area contributed by atoms with Crippen molar-refractivity contribution in [3.8, 4) is 0 Å². The fraction of sp³-hybridized carbons (Fsp3) is 0.625. The lowest BCUT2D eigenvalue weighted by atomic mass is 10.3. The average molecular weight is 248 g/mol. The van der Waals surface area contributed by atoms with Crippen molar-refractivity contribution in [2.75, 3.05) is 18.6 Å². The first-order valence-electron chi connectivity index (χ1n) is 4.45. The zero-order chi connectivity index (χ0) is 11.1. The van der Waals surface area contributed by atoms with E-state index in [0.717, 1.165) is 5.75 Å². The van der Waals surface area contributed by atoms with Gasteiger partial charge in [-0.3, -0.25) is 5.10 Å². The van der Waals surface area contributed by atoms with E-state index in [4.69, 9.17) is 4.74 Å². The minimum Gasteiger partial charge on any atom is -0.358 e. The maximum atomic E-state index is 11.5. The molecular formula is C8H12N2O3S2. The van der Waals surface area contributed by atoms with Crippen molar-refractivity contribution in [3.63, 3.8) is 0 Å². The van der Waals surface area contributed by atoms with Crippen LogP contribution >= 0.6 is 11.8 Å². The van der Waals surface area contributed by atoms with Gasteiger partial charge in [-0.05, 0) is 6.92 Å². The van der Waals surface area contributed by atoms with E-state index in [1.54, 1.807) is 11.8 Å². The first-order chi connectivity index (χ1) is 6.93. The molecule has 5 nitrogen and oxygen atoms in total. The van der Waals surface area contributed by atoms with Crippen molar-refractivity contribution < 1.29 is 13.2 Å². The van der Waals surface area contributed by atoms with Crippen LogP contribution < -0.4 is 0 Å². The Morgan fingerprint density at radius 2 is 2.40 bits per heavy atom. The lowest BCUT2D eigenvalue weighted by Crippen LogP contribution is -2.20. The number of nitrogens with zero attached hydrogens (tertiary/aromatic N) is 1. The van der Waals surface area contributed by atoms with Crippen molar-refractivity contribution in [1.82, 2.24) is 10.2 Å². The van der Waals surface area contributed by atoms with Gasteiger partial charge in [0.05, 0.1) is 18.5 Å². The smallest absolute Gasteiger partial charge is 0.179 e. The van der Waals surface area contributed by atoms with Crippen LogP contribution in [0.15, 0.2) is 11.1 Å². The first-order valence-corrected chi connectivity index (χ1v) is 7.33. The molecule has 0 radical (unpaired) electrons. The molecule has 2 rings (SSSR count). The second-order valence-corrected chi connectivity index (χ2v) is 6.98. The number of H-pyrrole nitrogens is 1. The summed E-state index contributed by atoms with van der Waals surface area (Å²) in [5.74, 6) is 0.860. The molecule has 0 aromatic carbocycles. The van der Waals surface area contributed by atoms with Crippen LogP contribution in [0.3, 0.4) is 0 Å². The van der Waals surface area contributed by atoms with Gasteiger partial charge >= 0.3 is 0 Å². The molecule has 1 saturated heterocycles. The third-order valence-corrected chi connectivity index (χ3v) is 4.65. The molecule has 1 aromatic rings. The van der Waals surface area contributed by atoms with Crippen LogP contribution in [0.1, 0.15) is 12.6 Å². The van der Waals surface area contributed by atoms with Gasteiger partial charge in [0.25, 0.3) is 0 Å². The van der Waals surface area contributed by atoms with Crippen LogP contribution in [0.2, 0.25) is 0 Å². The van der Waals surface area contributed by atoms with Crippen LogP contribution in [0.5, 0.6) is 0 Å². The molecule has 1 unspecified atom stereocenters. The highest BCUT2D eigenvalue weighted by atomic mass is 32.2. The molecule has 0 spiro atoms. The normalized spacial score (nSPS) is 27.1. The molecule has 1 N–H and O–H groups in total. The highest BCUT2D eigenvalue weighted by Crippen LogP contribution is 2.42. The SMILES string of the molecule is CC1(c2[nH]ncc2S(C)(=O)=O)OCCS1. The van der Waals surface area contributed by atoms with Gasteiger partial charge in [-0.25, -0.2) is 8.42 Å². The fourth-order valence-corrected chi connectivity index (χ4v) is 3.48. The molecule has 1 aliphatic rings. The number of nitrogens with one attached hydrogen (secondary N) is 1. The van der Waals surface area contributed by atoms with Gasteiger partial charge in [0.1, 0.15) is 4.90 Å². The summed E-state index contributed by atoms with van der Waals surface area (Å²) in [5, 5.41) is 6.50. The first kappa shape index (κ1) is 11.0. The number of aromatic nitrogens is 2. The minimum absolute atomic E-state index is 0.222. The molecule has 1 fully saturated rings. The third-order valence-electron chi connectivity index (χ3n) is 2.30. The fourth-order valence-electron chi connectivity index (χ4n) is 1.54. The Kier molecular flexibility index (Phi) is 2.56. The zero-order valence-corrected chi connectivity index (χ0v) is 10.1. The second-order valence-electron chi connectivity index (χ2n) is 3.52. The Morgan fingerprint density at radius 1 is 1.67 bits per heavy atom. The van der Waals surface area contributed by atoms with Crippen molar-refractivity contribution in [1.29, 1.82) is 0 Å². The Hall–Kier alpha value is -0.530. The Morgan fingerprint density at radius 3 is 2.93 bits per heavy atom. The lowest BCUT2D eigenvalue weighted by molar-refractivity contribution is 0.0590. The van der Waals surface area contributed by atoms with Crippen molar-refractivity contribution in [2.24, 2.45) is 0 Å². The average Bonchev–Trinajstić information content (AvgIpc) is 2.69. The molecule has 0 saturated carbocycles. The standard InChI is InChI=1S/C8H12N2O3S2/c1-8(13-3-4-14-8)7-6(5-9-10-7)15(2,11)12/h5H,3-4H2,1-2H3,(H,9,10). The summed E-state index contributed by atoms with van der Waals surface area (Å²) in [5.41, 5.74) is 0.535. The largest absolute Gasteiger partial charge is 0.358 e. The van der Waals surface area contributed by atoms with E-state index >= 15 is 0 Å². The molecule has 7 heteroatoms. The molecule has 1 aromatic heterocycles. The van der Waals surface area contributed by atoms with Crippen LogP contribution in [0, 0.1) is 0 Å². The highest BCUT2D eigenvalue weighted by molar-refractivity contribution is 8.00. The maximum absolute atomic E-state index is 11.5. The number of rotatable bonds is 2. The van der Waals surface area contributed by atoms with Crippen molar-refractivity contribution >= 4 is 21.6 Å². The maximum Gasteiger partial charge on any atom is 0.179 e. The predicted octanol–water partition coefficient (Wildman–Crippen LogP) is 0.749. The predicted molar refractivity (Wildman–Crippen MR) is 57.5 cm³/mol. The monoisotopic (exact) mass is 248 g/mol. The van der Waals surface area contributed by atoms with Crippen molar-refractivity contribution in [3.05, 3.63) is 11.9 Å². The summed E-state index contributed by atoms with van der Waals surface area (Å²) in [4.78, 5) is -0.394. The molecule has 1 aliphatic heterocycles. The van der Waals surface area contributed by atoms with Crippen LogP contribution in [0.25, 0.3) is 0 Å². The van der Waals surface area contributed by atoms with E-state index in [2.05, 4.69) is 10.2 Å². The number of sulfone groups is 1. The van der Waals surface area contributed by atoms with Gasteiger partial charge in [0.15, 0.2) is 14.8 Å². The Labute approximate surface area is 92.5 Å². The number of aromatic amines is 1. The highest BCUT2D eigenvalue weighted by Gasteiger charge is 2.38. The van der Waals surface area contributed by atoms with E-state index in [1.165, 1.54) is 12.5 Å². The van der Waals surface area contributed by atoms with E-state index in [0.29, 0.717) is 12.3 Å². The zero-order valence-electron chi connectivity index (χ0n) is 8.48. The summed E-state index contributed by atoms with van der Waals surface area (Å²) >= 11 is 1.57. The van der Waals surface area contributed by atoms with E-state index in [9.17, 15) is 8.42 Å². The van der Waals surface area contributed by atoms with Crippen LogP contribution in [0.4, 0.5) is 0 Å². The van der Waals surface area contributed by atoms with Gasteiger partial charge in [-0.15, -0.1) is 11.8 Å². The van der Waals surface area contributed by atoms with Crippen LogP contribution in [-0.2, 0) is 19.5 Å². The Balaban J connectivity index is 2.50. The topological polar surface area (TPSA) is 72.0 Å². The van der Waals surface area contributed by atoms with E-state index < -0.39 is 14.8 Å². The summed E-state index contributed by atoms with van der Waals surface area (Å²) in [6.07, 6.45) is 2.50. The molecule has 84 valence electrons. The molecule has 0 aliphatic carbocycles. The summed E-state index contributed by atoms with van der Waals surface area (Å²) < 4.78 is 28.5. The molecule has 2 heterocycles. The van der Waals surface area contributed by atoms with Gasteiger partial charge in [-0.1, -0.05) is 0 Å². The van der Waals surface area contributed by atoms with Gasteiger partial charge in [0, 0.05) is 12.0 Å². The molecular weight excluding hydrogens is 236 g/mol. The summed E-state index contributed by atoms with van der Waals surface area (Å²) in [7, 11) is -3.25. The molecule has 1 atom stereocenters. The Bertz CT molecular complexity index is 460. The van der Waals surface area contributed by atoms with Gasteiger partial charge < -0.3 is 4.74 Å². The van der Waals surface area contributed by atoms with E-state index in [-0.39, 0.29) is 4.90 Å². The van der Waals surface area contributed by atoms with Gasteiger partial charge in [-0.2, -0.15) is 5.10 Å². The quantitative estimate of drug-likeness (QED) is 0.836. The number of hydrogen-bond acceptors (Lipinski definition) is 5.